The van der Waals surface area contributed by atoms with E-state index in [4.69, 9.17) is 0 Å². The first kappa shape index (κ1) is 19.7. The summed E-state index contributed by atoms with van der Waals surface area (Å²) in [4.78, 5) is 27.5. The van der Waals surface area contributed by atoms with Crippen LogP contribution in [0.25, 0.3) is 11.1 Å². The molecular weight excluding hydrogens is 403 g/mol. The number of carbonyl (C=O) groups is 2. The van der Waals surface area contributed by atoms with E-state index < -0.39 is 11.7 Å². The molecule has 0 bridgehead atoms. The van der Waals surface area contributed by atoms with Gasteiger partial charge < -0.3 is 10.2 Å². The first-order chi connectivity index (χ1) is 15.6. The predicted octanol–water partition coefficient (Wildman–Crippen LogP) is 5.91. The van der Waals surface area contributed by atoms with E-state index in [-0.39, 0.29) is 11.5 Å². The van der Waals surface area contributed by atoms with Crippen molar-refractivity contribution in [2.75, 3.05) is 10.2 Å². The Balaban J connectivity index is 1.39. The smallest absolute Gasteiger partial charge is 0.258 e. The average Bonchev–Trinajstić information content (AvgIpc) is 2.84. The molecule has 32 heavy (non-hydrogen) atoms. The average molecular weight is 422 g/mol. The van der Waals surface area contributed by atoms with Crippen molar-refractivity contribution in [3.63, 3.8) is 0 Å². The van der Waals surface area contributed by atoms with Crippen LogP contribution in [0.3, 0.4) is 0 Å². The zero-order valence-electron chi connectivity index (χ0n) is 17.1. The molecule has 5 rings (SSSR count). The first-order valence-electron chi connectivity index (χ1n) is 10.3. The third-order valence-electron chi connectivity index (χ3n) is 5.58. The number of anilines is 2. The molecule has 4 aromatic carbocycles. The molecule has 5 heteroatoms. The zero-order valence-corrected chi connectivity index (χ0v) is 17.1. The summed E-state index contributed by atoms with van der Waals surface area (Å²) in [7, 11) is 0. The van der Waals surface area contributed by atoms with E-state index in [1.54, 1.807) is 35.2 Å². The maximum Gasteiger partial charge on any atom is 0.258 e. The molecule has 1 N–H and O–H groups in total. The van der Waals surface area contributed by atoms with Crippen LogP contribution >= 0.6 is 0 Å². The molecule has 0 unspecified atom stereocenters. The summed E-state index contributed by atoms with van der Waals surface area (Å²) in [5, 5.41) is 2.67. The molecular formula is C27H19FN2O2. The van der Waals surface area contributed by atoms with Crippen molar-refractivity contribution in [3.8, 4) is 11.1 Å². The number of hydrogen-bond acceptors (Lipinski definition) is 2. The molecule has 0 spiro atoms. The lowest BCUT2D eigenvalue weighted by Crippen LogP contribution is -2.33. The molecule has 0 saturated heterocycles. The van der Waals surface area contributed by atoms with Gasteiger partial charge in [0, 0.05) is 16.8 Å². The molecule has 1 aliphatic heterocycles. The van der Waals surface area contributed by atoms with Gasteiger partial charge in [0.1, 0.15) is 5.82 Å². The number of rotatable bonds is 3. The fourth-order valence-electron chi connectivity index (χ4n) is 3.99. The van der Waals surface area contributed by atoms with E-state index in [2.05, 4.69) is 11.4 Å². The molecule has 156 valence electrons. The van der Waals surface area contributed by atoms with Gasteiger partial charge in [-0.2, -0.15) is 0 Å². The number of benzene rings is 4. The molecule has 0 radical (unpaired) electrons. The van der Waals surface area contributed by atoms with Crippen molar-refractivity contribution in [1.82, 2.24) is 0 Å². The van der Waals surface area contributed by atoms with Crippen molar-refractivity contribution in [2.24, 2.45) is 0 Å². The number of hydrogen-bond donors (Lipinski definition) is 1. The highest BCUT2D eigenvalue weighted by Crippen LogP contribution is 2.39. The summed E-state index contributed by atoms with van der Waals surface area (Å²) in [6, 6.07) is 28.4. The van der Waals surface area contributed by atoms with Crippen molar-refractivity contribution < 1.29 is 14.0 Å². The van der Waals surface area contributed by atoms with E-state index in [9.17, 15) is 14.0 Å². The second-order valence-electron chi connectivity index (χ2n) is 7.58. The summed E-state index contributed by atoms with van der Waals surface area (Å²) < 4.78 is 13.8. The van der Waals surface area contributed by atoms with Gasteiger partial charge in [-0.25, -0.2) is 4.39 Å². The Labute approximate surface area is 184 Å². The Morgan fingerprint density at radius 1 is 0.750 bits per heavy atom. The van der Waals surface area contributed by atoms with Gasteiger partial charge in [-0.1, -0.05) is 54.6 Å². The number of carbonyl (C=O) groups excluding carboxylic acids is 2. The summed E-state index contributed by atoms with van der Waals surface area (Å²) in [5.41, 5.74) is 5.08. The largest absolute Gasteiger partial charge is 0.322 e. The molecule has 2 amide bonds. The Hall–Kier alpha value is -4.25. The van der Waals surface area contributed by atoms with E-state index in [0.717, 1.165) is 22.4 Å². The lowest BCUT2D eigenvalue weighted by atomic mass is 9.93. The summed E-state index contributed by atoms with van der Waals surface area (Å²) in [6.45, 7) is 0.484. The van der Waals surface area contributed by atoms with Gasteiger partial charge in [-0.3, -0.25) is 9.59 Å². The second kappa shape index (κ2) is 8.12. The number of nitrogens with one attached hydrogen (secondary N) is 1. The predicted molar refractivity (Wildman–Crippen MR) is 123 cm³/mol. The molecule has 4 nitrogen and oxygen atoms in total. The van der Waals surface area contributed by atoms with Gasteiger partial charge in [-0.05, 0) is 53.6 Å². The van der Waals surface area contributed by atoms with Gasteiger partial charge in [0.05, 0.1) is 17.8 Å². The van der Waals surface area contributed by atoms with Crippen LogP contribution in [-0.2, 0) is 6.54 Å². The van der Waals surface area contributed by atoms with Gasteiger partial charge in [-0.15, -0.1) is 0 Å². The van der Waals surface area contributed by atoms with Crippen LogP contribution < -0.4 is 10.2 Å². The number of amides is 2. The van der Waals surface area contributed by atoms with Crippen LogP contribution in [0, 0.1) is 5.82 Å². The van der Waals surface area contributed by atoms with Gasteiger partial charge in [0.2, 0.25) is 0 Å². The summed E-state index contributed by atoms with van der Waals surface area (Å²) >= 11 is 0. The van der Waals surface area contributed by atoms with Gasteiger partial charge in [0.25, 0.3) is 11.8 Å². The Morgan fingerprint density at radius 3 is 2.19 bits per heavy atom. The SMILES string of the molecule is O=C(Nc1ccc(C(=O)N2Cc3ccccc3-c3ccccc32)cc1)c1ccccc1F. The van der Waals surface area contributed by atoms with E-state index in [1.165, 1.54) is 18.2 Å². The minimum atomic E-state index is -0.583. The van der Waals surface area contributed by atoms with E-state index in [0.29, 0.717) is 17.8 Å². The number of para-hydroxylation sites is 1. The lowest BCUT2D eigenvalue weighted by molar-refractivity contribution is 0.0983. The highest BCUT2D eigenvalue weighted by Gasteiger charge is 2.26. The van der Waals surface area contributed by atoms with Crippen molar-refractivity contribution in [2.45, 2.75) is 6.54 Å². The third kappa shape index (κ3) is 3.54. The number of halogens is 1. The minimum absolute atomic E-state index is 0.0313. The van der Waals surface area contributed by atoms with Crippen LogP contribution in [0.2, 0.25) is 0 Å². The van der Waals surface area contributed by atoms with Crippen molar-refractivity contribution in [1.29, 1.82) is 0 Å². The Kier molecular flexibility index (Phi) is 5.00. The third-order valence-corrected chi connectivity index (χ3v) is 5.58. The normalized spacial score (nSPS) is 12.0. The molecule has 0 saturated carbocycles. The van der Waals surface area contributed by atoms with Crippen LogP contribution in [0.4, 0.5) is 15.8 Å². The fraction of sp³-hybridized carbons (Fsp3) is 0.0370. The lowest BCUT2D eigenvalue weighted by Gasteiger charge is -2.31. The van der Waals surface area contributed by atoms with Crippen molar-refractivity contribution >= 4 is 23.2 Å². The zero-order chi connectivity index (χ0) is 22.1. The monoisotopic (exact) mass is 422 g/mol. The first-order valence-corrected chi connectivity index (χ1v) is 10.3. The minimum Gasteiger partial charge on any atom is -0.322 e. The molecule has 1 aliphatic rings. The molecule has 4 aromatic rings. The molecule has 0 fully saturated rings. The maximum atomic E-state index is 13.8. The number of fused-ring (bicyclic) bond motifs is 3. The highest BCUT2D eigenvalue weighted by atomic mass is 19.1. The molecule has 0 atom stereocenters. The Bertz CT molecular complexity index is 1330. The van der Waals surface area contributed by atoms with E-state index >= 15 is 0 Å². The highest BCUT2D eigenvalue weighted by molar-refractivity contribution is 6.10. The summed E-state index contributed by atoms with van der Waals surface area (Å²) in [5.74, 6) is -1.25. The molecule has 0 aliphatic carbocycles. The fourth-order valence-corrected chi connectivity index (χ4v) is 3.99. The van der Waals surface area contributed by atoms with Gasteiger partial charge in [0.15, 0.2) is 0 Å². The summed E-state index contributed by atoms with van der Waals surface area (Å²) in [6.07, 6.45) is 0. The van der Waals surface area contributed by atoms with Crippen LogP contribution in [0.15, 0.2) is 97.1 Å². The maximum absolute atomic E-state index is 13.8. The molecule has 1 heterocycles. The second-order valence-corrected chi connectivity index (χ2v) is 7.58. The van der Waals surface area contributed by atoms with Crippen molar-refractivity contribution in [3.05, 3.63) is 120 Å². The standard InChI is InChI=1S/C27H19FN2O2/c28-24-11-5-3-10-23(24)26(31)29-20-15-13-18(14-16-20)27(32)30-17-19-7-1-2-8-21(19)22-9-4-6-12-25(22)30/h1-16H,17H2,(H,29,31). The van der Waals surface area contributed by atoms with Crippen LogP contribution in [0.5, 0.6) is 0 Å². The molecule has 0 aromatic heterocycles. The quantitative estimate of drug-likeness (QED) is 0.447. The van der Waals surface area contributed by atoms with Crippen LogP contribution in [0.1, 0.15) is 26.3 Å². The van der Waals surface area contributed by atoms with E-state index in [1.807, 2.05) is 42.5 Å². The topological polar surface area (TPSA) is 49.4 Å². The van der Waals surface area contributed by atoms with Crippen LogP contribution in [-0.4, -0.2) is 11.8 Å². The number of nitrogens with zero attached hydrogens (tertiary/aromatic N) is 1. The van der Waals surface area contributed by atoms with Gasteiger partial charge >= 0.3 is 0 Å². The Morgan fingerprint density at radius 2 is 1.41 bits per heavy atom.